The van der Waals surface area contributed by atoms with E-state index in [0.29, 0.717) is 27.2 Å². The minimum absolute atomic E-state index is 0.139. The van der Waals surface area contributed by atoms with Gasteiger partial charge in [0.2, 0.25) is 0 Å². The van der Waals surface area contributed by atoms with Gasteiger partial charge < -0.3 is 9.32 Å². The number of hydrogen-bond donors (Lipinski definition) is 1. The molecule has 0 aliphatic carbocycles. The normalized spacial score (nSPS) is 33.7. The van der Waals surface area contributed by atoms with Gasteiger partial charge in [0.25, 0.3) is 0 Å². The van der Waals surface area contributed by atoms with Crippen molar-refractivity contribution in [2.45, 2.75) is 24.9 Å². The van der Waals surface area contributed by atoms with Gasteiger partial charge in [-0.2, -0.15) is 0 Å². The Hall–Kier alpha value is -1.27. The Bertz CT molecular complexity index is 842. The van der Waals surface area contributed by atoms with Crippen LogP contribution in [0.1, 0.15) is 19.3 Å². The molecule has 0 radical (unpaired) electrons. The number of hydroxylamine groups is 1. The fraction of sp³-hybridized carbons (Fsp3) is 0.471. The SMILES string of the molecule is Clc1cc2c(Cl)coc2cc1N=C1CC2(CN3CCC2CC3)ON1. The second-order valence-corrected chi connectivity index (χ2v) is 7.75. The van der Waals surface area contributed by atoms with Crippen LogP contribution in [0.3, 0.4) is 0 Å². The van der Waals surface area contributed by atoms with Gasteiger partial charge in [0.05, 0.1) is 15.7 Å². The molecule has 6 rings (SSSR count). The Morgan fingerprint density at radius 1 is 1.21 bits per heavy atom. The van der Waals surface area contributed by atoms with Gasteiger partial charge in [-0.05, 0) is 37.9 Å². The molecule has 1 aromatic heterocycles. The van der Waals surface area contributed by atoms with E-state index in [1.54, 1.807) is 6.07 Å². The average Bonchev–Trinajstić information content (AvgIpc) is 3.14. The minimum atomic E-state index is -0.139. The molecule has 1 unspecified atom stereocenters. The van der Waals surface area contributed by atoms with Crippen LogP contribution >= 0.6 is 23.2 Å². The van der Waals surface area contributed by atoms with Crippen molar-refractivity contribution in [3.05, 3.63) is 28.4 Å². The molecule has 2 bridgehead atoms. The second-order valence-electron chi connectivity index (χ2n) is 6.94. The van der Waals surface area contributed by atoms with Crippen LogP contribution < -0.4 is 5.48 Å². The number of furan rings is 1. The third-order valence-electron chi connectivity index (χ3n) is 5.51. The molecule has 5 heterocycles. The summed E-state index contributed by atoms with van der Waals surface area (Å²) in [6, 6.07) is 3.61. The number of benzene rings is 1. The Morgan fingerprint density at radius 3 is 2.79 bits per heavy atom. The molecule has 4 saturated heterocycles. The Balaban J connectivity index is 1.46. The molecule has 5 nitrogen and oxygen atoms in total. The van der Waals surface area contributed by atoms with Gasteiger partial charge in [-0.3, -0.25) is 10.3 Å². The predicted molar refractivity (Wildman–Crippen MR) is 94.1 cm³/mol. The van der Waals surface area contributed by atoms with E-state index in [-0.39, 0.29) is 5.60 Å². The van der Waals surface area contributed by atoms with Crippen molar-refractivity contribution in [2.24, 2.45) is 10.9 Å². The zero-order valence-corrected chi connectivity index (χ0v) is 14.5. The lowest BCUT2D eigenvalue weighted by Gasteiger charge is -2.49. The monoisotopic (exact) mass is 365 g/mol. The van der Waals surface area contributed by atoms with Crippen LogP contribution in [0.25, 0.3) is 11.0 Å². The smallest absolute Gasteiger partial charge is 0.137 e. The average molecular weight is 366 g/mol. The van der Waals surface area contributed by atoms with E-state index in [1.165, 1.54) is 32.2 Å². The quantitative estimate of drug-likeness (QED) is 0.824. The number of halogens is 2. The van der Waals surface area contributed by atoms with Crippen LogP contribution in [0.15, 0.2) is 27.8 Å². The van der Waals surface area contributed by atoms with Gasteiger partial charge in [0.15, 0.2) is 0 Å². The van der Waals surface area contributed by atoms with E-state index < -0.39 is 0 Å². The van der Waals surface area contributed by atoms with Crippen molar-refractivity contribution in [2.75, 3.05) is 19.6 Å². The van der Waals surface area contributed by atoms with Crippen LogP contribution in [0, 0.1) is 5.92 Å². The molecule has 4 fully saturated rings. The van der Waals surface area contributed by atoms with E-state index >= 15 is 0 Å². The highest BCUT2D eigenvalue weighted by Gasteiger charge is 2.52. The Kier molecular flexibility index (Phi) is 3.36. The van der Waals surface area contributed by atoms with E-state index in [2.05, 4.69) is 15.4 Å². The lowest BCUT2D eigenvalue weighted by Crippen LogP contribution is -2.59. The molecule has 7 heteroatoms. The molecular formula is C17H17Cl2N3O2. The van der Waals surface area contributed by atoms with Gasteiger partial charge in [-0.1, -0.05) is 23.2 Å². The van der Waals surface area contributed by atoms with Gasteiger partial charge >= 0.3 is 0 Å². The standard InChI is InChI=1S/C17H17Cl2N3O2/c18-12-5-11-13(19)8-23-15(11)6-14(12)20-16-7-17(24-21-16)9-22-3-1-10(17)2-4-22/h5-6,8,10H,1-4,7,9H2,(H,20,21). The summed E-state index contributed by atoms with van der Waals surface area (Å²) in [5, 5.41) is 1.91. The zero-order valence-electron chi connectivity index (χ0n) is 13.0. The van der Waals surface area contributed by atoms with Crippen molar-refractivity contribution in [1.82, 2.24) is 10.4 Å². The number of fused-ring (bicyclic) bond motifs is 3. The van der Waals surface area contributed by atoms with E-state index in [9.17, 15) is 0 Å². The van der Waals surface area contributed by atoms with Crippen LogP contribution in [0.2, 0.25) is 10.0 Å². The minimum Gasteiger partial charge on any atom is -0.463 e. The summed E-state index contributed by atoms with van der Waals surface area (Å²) in [4.78, 5) is 13.2. The largest absolute Gasteiger partial charge is 0.463 e. The van der Waals surface area contributed by atoms with Gasteiger partial charge in [0.1, 0.15) is 23.3 Å². The van der Waals surface area contributed by atoms with Gasteiger partial charge in [-0.25, -0.2) is 4.99 Å². The maximum atomic E-state index is 6.37. The molecule has 4 aliphatic heterocycles. The van der Waals surface area contributed by atoms with Crippen molar-refractivity contribution in [3.8, 4) is 0 Å². The maximum absolute atomic E-state index is 6.37. The second kappa shape index (κ2) is 5.36. The highest BCUT2D eigenvalue weighted by atomic mass is 35.5. The molecule has 1 atom stereocenters. The van der Waals surface area contributed by atoms with Crippen molar-refractivity contribution < 1.29 is 9.25 Å². The number of nitrogens with zero attached hydrogens (tertiary/aromatic N) is 2. The number of aliphatic imine (C=N–C) groups is 1. The van der Waals surface area contributed by atoms with Crippen molar-refractivity contribution in [1.29, 1.82) is 0 Å². The van der Waals surface area contributed by atoms with Gasteiger partial charge in [-0.15, -0.1) is 0 Å². The van der Waals surface area contributed by atoms with E-state index in [4.69, 9.17) is 32.5 Å². The molecule has 4 aliphatic rings. The molecule has 126 valence electrons. The van der Waals surface area contributed by atoms with Crippen LogP contribution in [0.5, 0.6) is 0 Å². The zero-order chi connectivity index (χ0) is 16.3. The highest BCUT2D eigenvalue weighted by molar-refractivity contribution is 6.37. The third-order valence-corrected chi connectivity index (χ3v) is 6.11. The number of hydrogen-bond acceptors (Lipinski definition) is 4. The molecule has 0 amide bonds. The van der Waals surface area contributed by atoms with Crippen LogP contribution in [-0.4, -0.2) is 36.0 Å². The molecule has 1 aromatic carbocycles. The Morgan fingerprint density at radius 2 is 2.04 bits per heavy atom. The summed E-state index contributed by atoms with van der Waals surface area (Å²) in [5.41, 5.74) is 4.25. The summed E-state index contributed by atoms with van der Waals surface area (Å²) in [6.45, 7) is 3.35. The molecule has 24 heavy (non-hydrogen) atoms. The summed E-state index contributed by atoms with van der Waals surface area (Å²) in [5.74, 6) is 1.42. The van der Waals surface area contributed by atoms with E-state index in [0.717, 1.165) is 24.2 Å². The van der Waals surface area contributed by atoms with Gasteiger partial charge in [0, 0.05) is 24.4 Å². The van der Waals surface area contributed by atoms with Crippen LogP contribution in [0.4, 0.5) is 5.69 Å². The Labute approximate surface area is 149 Å². The highest BCUT2D eigenvalue weighted by Crippen LogP contribution is 2.43. The number of nitrogens with one attached hydrogen (secondary N) is 1. The first-order chi connectivity index (χ1) is 11.6. The summed E-state index contributed by atoms with van der Waals surface area (Å²) < 4.78 is 5.44. The summed E-state index contributed by atoms with van der Waals surface area (Å²) in [6.07, 6.45) is 4.71. The summed E-state index contributed by atoms with van der Waals surface area (Å²) in [7, 11) is 0. The number of piperidine rings is 3. The number of rotatable bonds is 1. The third kappa shape index (κ3) is 2.26. The van der Waals surface area contributed by atoms with Crippen LogP contribution in [-0.2, 0) is 4.84 Å². The lowest BCUT2D eigenvalue weighted by atomic mass is 9.74. The first kappa shape index (κ1) is 15.0. The molecule has 1 spiro atoms. The summed E-state index contributed by atoms with van der Waals surface area (Å²) >= 11 is 12.4. The molecular weight excluding hydrogens is 349 g/mol. The molecule has 0 saturated carbocycles. The lowest BCUT2D eigenvalue weighted by molar-refractivity contribution is -0.150. The fourth-order valence-corrected chi connectivity index (χ4v) is 4.65. The van der Waals surface area contributed by atoms with Crippen molar-refractivity contribution in [3.63, 3.8) is 0 Å². The molecule has 1 N–H and O–H groups in total. The fourth-order valence-electron chi connectivity index (χ4n) is 4.26. The molecule has 2 aromatic rings. The maximum Gasteiger partial charge on any atom is 0.137 e. The van der Waals surface area contributed by atoms with E-state index in [1.807, 2.05) is 6.07 Å². The van der Waals surface area contributed by atoms with Crippen molar-refractivity contribution >= 4 is 45.7 Å². The topological polar surface area (TPSA) is 50.0 Å². The first-order valence-corrected chi connectivity index (χ1v) is 8.99. The first-order valence-electron chi connectivity index (χ1n) is 8.23. The number of amidine groups is 1. The predicted octanol–water partition coefficient (Wildman–Crippen LogP) is 4.16.